The van der Waals surface area contributed by atoms with Crippen LogP contribution >= 0.6 is 12.4 Å². The van der Waals surface area contributed by atoms with Gasteiger partial charge in [-0.25, -0.2) is 0 Å². The SMILES string of the molecule is COc1cc(OC)c(C(=O)Nc2cc(CN)cc(C(F)(F)F)c2)cc1OC.Cl. The third kappa shape index (κ3) is 5.20. The Morgan fingerprint density at radius 2 is 1.54 bits per heavy atom. The number of nitrogens with two attached hydrogens (primary N) is 1. The van der Waals surface area contributed by atoms with E-state index < -0.39 is 17.6 Å². The lowest BCUT2D eigenvalue weighted by atomic mass is 10.1. The van der Waals surface area contributed by atoms with Crippen LogP contribution in [-0.2, 0) is 12.7 Å². The summed E-state index contributed by atoms with van der Waals surface area (Å²) >= 11 is 0. The summed E-state index contributed by atoms with van der Waals surface area (Å²) in [4.78, 5) is 12.6. The Hall–Kier alpha value is -2.65. The van der Waals surface area contributed by atoms with Gasteiger partial charge in [0.05, 0.1) is 32.5 Å². The second-order valence-corrected chi connectivity index (χ2v) is 5.48. The number of methoxy groups -OCH3 is 3. The lowest BCUT2D eigenvalue weighted by Crippen LogP contribution is -2.15. The molecule has 1 amide bonds. The van der Waals surface area contributed by atoms with Crippen LogP contribution in [0.4, 0.5) is 18.9 Å². The molecule has 0 radical (unpaired) electrons. The minimum Gasteiger partial charge on any atom is -0.496 e. The Labute approximate surface area is 166 Å². The smallest absolute Gasteiger partial charge is 0.416 e. The number of carbonyl (C=O) groups excluding carboxylic acids is 1. The number of anilines is 1. The molecule has 2 rings (SSSR count). The van der Waals surface area contributed by atoms with E-state index in [2.05, 4.69) is 5.32 Å². The zero-order valence-electron chi connectivity index (χ0n) is 15.3. The van der Waals surface area contributed by atoms with Gasteiger partial charge >= 0.3 is 6.18 Å². The minimum absolute atomic E-state index is 0. The van der Waals surface area contributed by atoms with Crippen LogP contribution in [0.25, 0.3) is 0 Å². The molecule has 2 aromatic carbocycles. The van der Waals surface area contributed by atoms with Crippen molar-refractivity contribution in [1.82, 2.24) is 0 Å². The Morgan fingerprint density at radius 1 is 0.964 bits per heavy atom. The molecule has 0 unspecified atom stereocenters. The first-order chi connectivity index (χ1) is 12.7. The first kappa shape index (κ1) is 23.4. The van der Waals surface area contributed by atoms with Crippen LogP contribution in [0.3, 0.4) is 0 Å². The predicted octanol–water partition coefficient (Wildman–Crippen LogP) is 3.86. The number of nitrogens with one attached hydrogen (secondary N) is 1. The molecule has 154 valence electrons. The van der Waals surface area contributed by atoms with Crippen molar-refractivity contribution in [3.05, 3.63) is 47.0 Å². The molecular formula is C18H20ClF3N2O4. The van der Waals surface area contributed by atoms with E-state index in [1.54, 1.807) is 0 Å². The third-order valence-corrected chi connectivity index (χ3v) is 3.76. The zero-order chi connectivity index (χ0) is 20.2. The highest BCUT2D eigenvalue weighted by molar-refractivity contribution is 6.06. The highest BCUT2D eigenvalue weighted by Crippen LogP contribution is 2.36. The summed E-state index contributed by atoms with van der Waals surface area (Å²) in [6, 6.07) is 5.98. The van der Waals surface area contributed by atoms with Gasteiger partial charge < -0.3 is 25.3 Å². The Morgan fingerprint density at radius 3 is 2.04 bits per heavy atom. The molecule has 0 aliphatic carbocycles. The molecule has 0 aromatic heterocycles. The molecule has 0 aliphatic heterocycles. The standard InChI is InChI=1S/C18H19F3N2O4.ClH/c1-25-14-8-16(27-3)15(26-2)7-13(14)17(24)23-12-5-10(9-22)4-11(6-12)18(19,20)21;/h4-8H,9,22H2,1-3H3,(H,23,24);1H. The second kappa shape index (κ2) is 9.52. The van der Waals surface area contributed by atoms with E-state index in [9.17, 15) is 18.0 Å². The van der Waals surface area contributed by atoms with Crippen molar-refractivity contribution in [1.29, 1.82) is 0 Å². The zero-order valence-corrected chi connectivity index (χ0v) is 16.2. The quantitative estimate of drug-likeness (QED) is 0.741. The molecule has 0 fully saturated rings. The third-order valence-electron chi connectivity index (χ3n) is 3.76. The number of alkyl halides is 3. The number of halogens is 4. The summed E-state index contributed by atoms with van der Waals surface area (Å²) < 4.78 is 54.6. The predicted molar refractivity (Wildman–Crippen MR) is 101 cm³/mol. The number of benzene rings is 2. The minimum atomic E-state index is -4.56. The fourth-order valence-electron chi connectivity index (χ4n) is 2.45. The number of ether oxygens (including phenoxy) is 3. The highest BCUT2D eigenvalue weighted by Gasteiger charge is 2.31. The summed E-state index contributed by atoms with van der Waals surface area (Å²) in [5.41, 5.74) is 4.83. The van der Waals surface area contributed by atoms with Gasteiger partial charge in [-0.05, 0) is 23.8 Å². The van der Waals surface area contributed by atoms with E-state index in [4.69, 9.17) is 19.9 Å². The monoisotopic (exact) mass is 420 g/mol. The van der Waals surface area contributed by atoms with E-state index in [1.807, 2.05) is 0 Å². The van der Waals surface area contributed by atoms with Crippen LogP contribution in [0.5, 0.6) is 17.2 Å². The number of rotatable bonds is 6. The van der Waals surface area contributed by atoms with Crippen LogP contribution < -0.4 is 25.3 Å². The Bertz CT molecular complexity index is 844. The lowest BCUT2D eigenvalue weighted by molar-refractivity contribution is -0.137. The molecule has 6 nitrogen and oxygen atoms in total. The molecule has 0 saturated heterocycles. The van der Waals surface area contributed by atoms with E-state index in [1.165, 1.54) is 39.5 Å². The van der Waals surface area contributed by atoms with Gasteiger partial charge in [-0.15, -0.1) is 12.4 Å². The van der Waals surface area contributed by atoms with Crippen molar-refractivity contribution >= 4 is 24.0 Å². The largest absolute Gasteiger partial charge is 0.496 e. The first-order valence-electron chi connectivity index (χ1n) is 7.76. The van der Waals surface area contributed by atoms with Gasteiger partial charge in [0.25, 0.3) is 5.91 Å². The maximum absolute atomic E-state index is 13.0. The molecule has 28 heavy (non-hydrogen) atoms. The van der Waals surface area contributed by atoms with Crippen molar-refractivity contribution in [3.8, 4) is 17.2 Å². The summed E-state index contributed by atoms with van der Waals surface area (Å²) in [7, 11) is 4.18. The Balaban J connectivity index is 0.00000392. The maximum atomic E-state index is 13.0. The van der Waals surface area contributed by atoms with Gasteiger partial charge in [0, 0.05) is 24.4 Å². The molecule has 0 atom stereocenters. The van der Waals surface area contributed by atoms with Gasteiger partial charge in [0.15, 0.2) is 11.5 Å². The molecule has 0 heterocycles. The van der Waals surface area contributed by atoms with Gasteiger partial charge in [0.2, 0.25) is 0 Å². The molecule has 0 aliphatic rings. The molecule has 2 aromatic rings. The Kier molecular flexibility index (Phi) is 7.95. The van der Waals surface area contributed by atoms with E-state index in [0.717, 1.165) is 12.1 Å². The average Bonchev–Trinajstić information content (AvgIpc) is 2.65. The number of hydrogen-bond donors (Lipinski definition) is 2. The van der Waals surface area contributed by atoms with Crippen LogP contribution in [0.15, 0.2) is 30.3 Å². The van der Waals surface area contributed by atoms with Crippen LogP contribution in [0, 0.1) is 0 Å². The van der Waals surface area contributed by atoms with Crippen LogP contribution in [0.2, 0.25) is 0 Å². The maximum Gasteiger partial charge on any atom is 0.416 e. The van der Waals surface area contributed by atoms with Crippen LogP contribution in [-0.4, -0.2) is 27.2 Å². The van der Waals surface area contributed by atoms with Crippen molar-refractivity contribution in [2.45, 2.75) is 12.7 Å². The van der Waals surface area contributed by atoms with Crippen LogP contribution in [0.1, 0.15) is 21.5 Å². The second-order valence-electron chi connectivity index (χ2n) is 5.48. The fraction of sp³-hybridized carbons (Fsp3) is 0.278. The van der Waals surface area contributed by atoms with E-state index >= 15 is 0 Å². The summed E-state index contributed by atoms with van der Waals surface area (Å²) in [5, 5.41) is 2.44. The van der Waals surface area contributed by atoms with Gasteiger partial charge in [-0.3, -0.25) is 4.79 Å². The average molecular weight is 421 g/mol. The van der Waals surface area contributed by atoms with E-state index in [0.29, 0.717) is 5.75 Å². The number of carbonyl (C=O) groups is 1. The topological polar surface area (TPSA) is 82.8 Å². The highest BCUT2D eigenvalue weighted by atomic mass is 35.5. The molecule has 10 heteroatoms. The van der Waals surface area contributed by atoms with Crippen molar-refractivity contribution < 1.29 is 32.2 Å². The normalized spacial score (nSPS) is 10.7. The summed E-state index contributed by atoms with van der Waals surface area (Å²) in [5.74, 6) is 0.122. The van der Waals surface area contributed by atoms with Gasteiger partial charge in [0.1, 0.15) is 5.75 Å². The number of hydrogen-bond acceptors (Lipinski definition) is 5. The summed E-state index contributed by atoms with van der Waals surface area (Å²) in [6.07, 6.45) is -4.56. The molecule has 0 spiro atoms. The molecule has 3 N–H and O–H groups in total. The first-order valence-corrected chi connectivity index (χ1v) is 7.76. The van der Waals surface area contributed by atoms with Gasteiger partial charge in [-0.2, -0.15) is 13.2 Å². The van der Waals surface area contributed by atoms with E-state index in [-0.39, 0.29) is 47.3 Å². The van der Waals surface area contributed by atoms with Crippen molar-refractivity contribution in [3.63, 3.8) is 0 Å². The number of amides is 1. The van der Waals surface area contributed by atoms with Crippen molar-refractivity contribution in [2.24, 2.45) is 5.73 Å². The van der Waals surface area contributed by atoms with Crippen molar-refractivity contribution in [2.75, 3.05) is 26.6 Å². The van der Waals surface area contributed by atoms with Gasteiger partial charge in [-0.1, -0.05) is 0 Å². The molecule has 0 saturated carbocycles. The molecule has 0 bridgehead atoms. The molecular weight excluding hydrogens is 401 g/mol. The lowest BCUT2D eigenvalue weighted by Gasteiger charge is -2.15. The fourth-order valence-corrected chi connectivity index (χ4v) is 2.45. The summed E-state index contributed by atoms with van der Waals surface area (Å²) in [6.45, 7) is -0.105.